The molecule has 0 unspecified atom stereocenters. The van der Waals surface area contributed by atoms with E-state index in [4.69, 9.17) is 4.74 Å². The summed E-state index contributed by atoms with van der Waals surface area (Å²) in [7, 11) is -0.949. The third kappa shape index (κ3) is 2.64. The minimum absolute atomic E-state index is 0.00282. The Morgan fingerprint density at radius 2 is 2.05 bits per heavy atom. The van der Waals surface area contributed by atoms with Crippen molar-refractivity contribution in [3.8, 4) is 0 Å². The minimum atomic E-state index is -0.949. The SMILES string of the molecule is CB(O)N1C(=O)[C@@H]2CCC[C@@H]2[C@H]1C(=O)OC(C)(C)C. The van der Waals surface area contributed by atoms with E-state index in [-0.39, 0.29) is 17.7 Å². The minimum Gasteiger partial charge on any atom is -0.458 e. The number of esters is 1. The monoisotopic (exact) mass is 267 g/mol. The maximum Gasteiger partial charge on any atom is 0.412 e. The summed E-state index contributed by atoms with van der Waals surface area (Å²) in [6.45, 7) is 6.94. The lowest BCUT2D eigenvalue weighted by molar-refractivity contribution is -0.161. The normalized spacial score (nSPS) is 30.5. The quantitative estimate of drug-likeness (QED) is 0.600. The van der Waals surface area contributed by atoms with Crippen LogP contribution in [0.5, 0.6) is 0 Å². The van der Waals surface area contributed by atoms with Gasteiger partial charge in [-0.05, 0) is 40.4 Å². The Labute approximate surface area is 114 Å². The van der Waals surface area contributed by atoms with Crippen molar-refractivity contribution < 1.29 is 19.3 Å². The van der Waals surface area contributed by atoms with Crippen molar-refractivity contribution in [3.05, 3.63) is 0 Å². The lowest BCUT2D eigenvalue weighted by atomic mass is 9.83. The van der Waals surface area contributed by atoms with Gasteiger partial charge in [0.15, 0.2) is 0 Å². The fourth-order valence-electron chi connectivity index (χ4n) is 3.28. The van der Waals surface area contributed by atoms with Crippen molar-refractivity contribution in [1.82, 2.24) is 4.81 Å². The molecule has 2 fully saturated rings. The van der Waals surface area contributed by atoms with Crippen LogP contribution in [-0.4, -0.2) is 40.4 Å². The molecule has 106 valence electrons. The number of hydrogen-bond donors (Lipinski definition) is 1. The molecule has 0 aromatic carbocycles. The smallest absolute Gasteiger partial charge is 0.412 e. The van der Waals surface area contributed by atoms with E-state index in [9.17, 15) is 14.6 Å². The summed E-state index contributed by atoms with van der Waals surface area (Å²) in [6.07, 6.45) is 2.63. The first-order chi connectivity index (χ1) is 8.72. The van der Waals surface area contributed by atoms with Crippen molar-refractivity contribution in [2.75, 3.05) is 0 Å². The number of amides is 1. The van der Waals surface area contributed by atoms with E-state index in [0.717, 1.165) is 19.3 Å². The predicted octanol–water partition coefficient (Wildman–Crippen LogP) is 1.07. The number of ether oxygens (including phenoxy) is 1. The molecular formula is C13H22BNO4. The van der Waals surface area contributed by atoms with Crippen molar-refractivity contribution >= 4 is 18.9 Å². The Balaban J connectivity index is 2.24. The molecule has 19 heavy (non-hydrogen) atoms. The standard InChI is InChI=1S/C13H22BNO4/c1-13(2,3)19-12(17)10-8-6-5-7-9(8)11(16)15(10)14(4)18/h8-10,18H,5-7H2,1-4H3/t8-,9+,10-/m0/s1. The van der Waals surface area contributed by atoms with Crippen LogP contribution in [0.25, 0.3) is 0 Å². The molecular weight excluding hydrogens is 245 g/mol. The van der Waals surface area contributed by atoms with Crippen LogP contribution in [-0.2, 0) is 14.3 Å². The van der Waals surface area contributed by atoms with E-state index in [1.165, 1.54) is 11.6 Å². The summed E-state index contributed by atoms with van der Waals surface area (Å²) in [5.41, 5.74) is -0.582. The highest BCUT2D eigenvalue weighted by Gasteiger charge is 2.55. The van der Waals surface area contributed by atoms with Crippen LogP contribution >= 0.6 is 0 Å². The van der Waals surface area contributed by atoms with Crippen LogP contribution in [0.4, 0.5) is 0 Å². The maximum absolute atomic E-state index is 12.3. The van der Waals surface area contributed by atoms with Crippen LogP contribution in [0.3, 0.4) is 0 Å². The summed E-state index contributed by atoms with van der Waals surface area (Å²) in [5.74, 6) is -0.617. The van der Waals surface area contributed by atoms with Gasteiger partial charge >= 0.3 is 13.0 Å². The molecule has 0 radical (unpaired) electrons. The molecule has 1 N–H and O–H groups in total. The van der Waals surface area contributed by atoms with Gasteiger partial charge in [0.25, 0.3) is 0 Å². The number of carbonyl (C=O) groups excluding carboxylic acids is 2. The van der Waals surface area contributed by atoms with E-state index >= 15 is 0 Å². The van der Waals surface area contributed by atoms with Gasteiger partial charge in [-0.15, -0.1) is 0 Å². The molecule has 1 saturated carbocycles. The number of rotatable bonds is 2. The fraction of sp³-hybridized carbons (Fsp3) is 0.846. The lowest BCUT2D eigenvalue weighted by Gasteiger charge is -2.30. The van der Waals surface area contributed by atoms with Crippen molar-refractivity contribution in [2.24, 2.45) is 11.8 Å². The van der Waals surface area contributed by atoms with Gasteiger partial charge in [-0.3, -0.25) is 4.79 Å². The van der Waals surface area contributed by atoms with Gasteiger partial charge in [-0.25, -0.2) is 4.79 Å². The highest BCUT2D eigenvalue weighted by atomic mass is 16.6. The molecule has 1 aliphatic heterocycles. The van der Waals surface area contributed by atoms with Crippen LogP contribution in [0.1, 0.15) is 40.0 Å². The molecule has 3 atom stereocenters. The summed E-state index contributed by atoms with van der Waals surface area (Å²) in [5, 5.41) is 9.79. The molecule has 1 saturated heterocycles. The molecule has 2 rings (SSSR count). The first-order valence-electron chi connectivity index (χ1n) is 6.95. The Bertz CT molecular complexity index is 391. The second-order valence-electron chi connectivity index (χ2n) is 6.56. The lowest BCUT2D eigenvalue weighted by Crippen LogP contribution is -2.50. The van der Waals surface area contributed by atoms with Crippen LogP contribution < -0.4 is 0 Å². The maximum atomic E-state index is 12.3. The molecule has 1 amide bonds. The number of nitrogens with zero attached hydrogens (tertiary/aromatic N) is 1. The fourth-order valence-corrected chi connectivity index (χ4v) is 3.28. The van der Waals surface area contributed by atoms with Gasteiger partial charge in [0.1, 0.15) is 11.6 Å². The highest BCUT2D eigenvalue weighted by Crippen LogP contribution is 2.43. The van der Waals surface area contributed by atoms with Crippen molar-refractivity contribution in [2.45, 2.75) is 58.5 Å². The molecule has 0 aromatic heterocycles. The van der Waals surface area contributed by atoms with Gasteiger partial charge in [0, 0.05) is 11.8 Å². The second-order valence-corrected chi connectivity index (χ2v) is 6.56. The zero-order valence-electron chi connectivity index (χ0n) is 12.0. The van der Waals surface area contributed by atoms with Crippen LogP contribution in [0.2, 0.25) is 6.82 Å². The average Bonchev–Trinajstić information content (AvgIpc) is 2.77. The second kappa shape index (κ2) is 4.82. The third-order valence-corrected chi connectivity index (χ3v) is 3.90. The van der Waals surface area contributed by atoms with Crippen LogP contribution in [0.15, 0.2) is 0 Å². The topological polar surface area (TPSA) is 66.8 Å². The van der Waals surface area contributed by atoms with Crippen molar-refractivity contribution in [1.29, 1.82) is 0 Å². The molecule has 2 aliphatic rings. The number of fused-ring (bicyclic) bond motifs is 1. The molecule has 0 aromatic rings. The Morgan fingerprint density at radius 3 is 2.58 bits per heavy atom. The summed E-state index contributed by atoms with van der Waals surface area (Å²) < 4.78 is 5.41. The van der Waals surface area contributed by atoms with Crippen LogP contribution in [0, 0.1) is 11.8 Å². The van der Waals surface area contributed by atoms with Gasteiger partial charge in [-0.1, -0.05) is 6.42 Å². The zero-order valence-corrected chi connectivity index (χ0v) is 12.0. The summed E-state index contributed by atoms with van der Waals surface area (Å²) in [4.78, 5) is 25.9. The first-order valence-corrected chi connectivity index (χ1v) is 6.95. The largest absolute Gasteiger partial charge is 0.458 e. The van der Waals surface area contributed by atoms with Crippen molar-refractivity contribution in [3.63, 3.8) is 0 Å². The van der Waals surface area contributed by atoms with E-state index in [1.807, 2.05) is 0 Å². The van der Waals surface area contributed by atoms with Gasteiger partial charge < -0.3 is 14.6 Å². The van der Waals surface area contributed by atoms with Gasteiger partial charge in [0.05, 0.1) is 0 Å². The molecule has 0 spiro atoms. The third-order valence-electron chi connectivity index (χ3n) is 3.90. The molecule has 1 aliphatic carbocycles. The average molecular weight is 267 g/mol. The Morgan fingerprint density at radius 1 is 1.42 bits per heavy atom. The molecule has 1 heterocycles. The molecule has 0 bridgehead atoms. The number of hydrogen-bond acceptors (Lipinski definition) is 4. The van der Waals surface area contributed by atoms with Gasteiger partial charge in [0.2, 0.25) is 5.91 Å². The van der Waals surface area contributed by atoms with E-state index < -0.39 is 24.7 Å². The summed E-state index contributed by atoms with van der Waals surface area (Å²) in [6, 6.07) is -0.626. The molecule has 6 heteroatoms. The predicted molar refractivity (Wildman–Crippen MR) is 71.1 cm³/mol. The highest BCUT2D eigenvalue weighted by molar-refractivity contribution is 6.50. The summed E-state index contributed by atoms with van der Waals surface area (Å²) >= 11 is 0. The Hall–Kier alpha value is -1.04. The van der Waals surface area contributed by atoms with E-state index in [2.05, 4.69) is 0 Å². The number of carbonyl (C=O) groups is 2. The zero-order chi connectivity index (χ0) is 14.4. The first kappa shape index (κ1) is 14.4. The Kier molecular flexibility index (Phi) is 3.64. The van der Waals surface area contributed by atoms with E-state index in [0.29, 0.717) is 0 Å². The molecule has 5 nitrogen and oxygen atoms in total. The van der Waals surface area contributed by atoms with E-state index in [1.54, 1.807) is 20.8 Å². The van der Waals surface area contributed by atoms with Gasteiger partial charge in [-0.2, -0.15) is 0 Å².